The average molecular weight is 233 g/mol. The van der Waals surface area contributed by atoms with E-state index in [1.807, 2.05) is 12.3 Å². The van der Waals surface area contributed by atoms with Crippen LogP contribution in [0.3, 0.4) is 0 Å². The van der Waals surface area contributed by atoms with Crippen molar-refractivity contribution in [3.8, 4) is 0 Å². The van der Waals surface area contributed by atoms with Crippen molar-refractivity contribution in [2.45, 2.75) is 26.4 Å². The van der Waals surface area contributed by atoms with Gasteiger partial charge >= 0.3 is 0 Å². The Labute approximate surface area is 101 Å². The highest BCUT2D eigenvalue weighted by Gasteiger charge is 2.12. The highest BCUT2D eigenvalue weighted by molar-refractivity contribution is 5.79. The molecule has 0 spiro atoms. The molecule has 4 nitrogen and oxygen atoms in total. The number of aliphatic hydroxyl groups is 1. The van der Waals surface area contributed by atoms with Gasteiger partial charge in [0.15, 0.2) is 0 Å². The van der Waals surface area contributed by atoms with Gasteiger partial charge in [0.05, 0.1) is 6.61 Å². The van der Waals surface area contributed by atoms with E-state index in [1.165, 1.54) is 5.56 Å². The second kappa shape index (κ2) is 5.29. The van der Waals surface area contributed by atoms with Gasteiger partial charge in [0.25, 0.3) is 0 Å². The van der Waals surface area contributed by atoms with Gasteiger partial charge in [0.2, 0.25) is 0 Å². The van der Waals surface area contributed by atoms with Gasteiger partial charge in [0, 0.05) is 30.4 Å². The Hall–Kier alpha value is -1.39. The zero-order chi connectivity index (χ0) is 12.3. The molecule has 0 radical (unpaired) electrons. The van der Waals surface area contributed by atoms with Crippen molar-refractivity contribution in [1.29, 1.82) is 0 Å². The van der Waals surface area contributed by atoms with Crippen LogP contribution in [0.5, 0.6) is 0 Å². The lowest BCUT2D eigenvalue weighted by molar-refractivity contribution is 0.210. The van der Waals surface area contributed by atoms with Gasteiger partial charge in [-0.05, 0) is 23.6 Å². The summed E-state index contributed by atoms with van der Waals surface area (Å²) in [5.41, 5.74) is 2.10. The molecule has 92 valence electrons. The minimum Gasteiger partial charge on any atom is -0.395 e. The molecule has 4 heteroatoms. The average Bonchev–Trinajstić information content (AvgIpc) is 2.73. The molecule has 0 aliphatic rings. The number of rotatable bonds is 5. The van der Waals surface area contributed by atoms with E-state index in [9.17, 15) is 5.11 Å². The first kappa shape index (κ1) is 12.1. The number of H-pyrrole nitrogens is 1. The number of hydrogen-bond acceptors (Lipinski definition) is 3. The van der Waals surface area contributed by atoms with Crippen LogP contribution >= 0.6 is 0 Å². The quantitative estimate of drug-likeness (QED) is 0.736. The van der Waals surface area contributed by atoms with Crippen molar-refractivity contribution in [3.05, 3.63) is 30.1 Å². The summed E-state index contributed by atoms with van der Waals surface area (Å²) in [5, 5.41) is 13.8. The standard InChI is InChI=1S/C13H19N3O/c1-9(2)12(8-17)15-6-10-7-16-13-11(10)4-3-5-14-13/h3-5,7,9,12,15,17H,6,8H2,1-2H3,(H,14,16). The first-order valence-electron chi connectivity index (χ1n) is 5.97. The molecule has 2 heterocycles. The summed E-state index contributed by atoms with van der Waals surface area (Å²) in [6.45, 7) is 5.11. The summed E-state index contributed by atoms with van der Waals surface area (Å²) in [6, 6.07) is 4.13. The summed E-state index contributed by atoms with van der Waals surface area (Å²) >= 11 is 0. The molecule has 1 unspecified atom stereocenters. The number of aromatic nitrogens is 2. The lowest BCUT2D eigenvalue weighted by Crippen LogP contribution is -2.36. The van der Waals surface area contributed by atoms with Gasteiger partial charge in [-0.1, -0.05) is 13.8 Å². The number of nitrogens with one attached hydrogen (secondary N) is 2. The minimum absolute atomic E-state index is 0.136. The molecule has 0 bridgehead atoms. The zero-order valence-corrected chi connectivity index (χ0v) is 10.3. The Kier molecular flexibility index (Phi) is 3.76. The second-order valence-electron chi connectivity index (χ2n) is 4.63. The van der Waals surface area contributed by atoms with Crippen molar-refractivity contribution in [3.63, 3.8) is 0 Å². The number of hydrogen-bond donors (Lipinski definition) is 3. The van der Waals surface area contributed by atoms with Crippen molar-refractivity contribution in [2.75, 3.05) is 6.61 Å². The van der Waals surface area contributed by atoms with Crippen LogP contribution < -0.4 is 5.32 Å². The van der Waals surface area contributed by atoms with Gasteiger partial charge in [-0.3, -0.25) is 0 Å². The summed E-state index contributed by atoms with van der Waals surface area (Å²) in [5.74, 6) is 0.420. The third-order valence-corrected chi connectivity index (χ3v) is 3.09. The Morgan fingerprint density at radius 3 is 3.00 bits per heavy atom. The summed E-state index contributed by atoms with van der Waals surface area (Å²) in [6.07, 6.45) is 3.75. The molecule has 0 amide bonds. The topological polar surface area (TPSA) is 60.9 Å². The Bertz CT molecular complexity index is 478. The third-order valence-electron chi connectivity index (χ3n) is 3.09. The highest BCUT2D eigenvalue weighted by atomic mass is 16.3. The van der Waals surface area contributed by atoms with E-state index in [-0.39, 0.29) is 12.6 Å². The molecule has 0 saturated carbocycles. The normalized spacial score (nSPS) is 13.4. The van der Waals surface area contributed by atoms with Crippen LogP contribution in [-0.2, 0) is 6.54 Å². The van der Waals surface area contributed by atoms with Gasteiger partial charge in [-0.2, -0.15) is 0 Å². The molecule has 2 aromatic rings. The Morgan fingerprint density at radius 1 is 1.47 bits per heavy atom. The highest BCUT2D eigenvalue weighted by Crippen LogP contribution is 2.15. The van der Waals surface area contributed by atoms with Crippen LogP contribution in [0.2, 0.25) is 0 Å². The van der Waals surface area contributed by atoms with Crippen LogP contribution in [0, 0.1) is 5.92 Å². The predicted octanol–water partition coefficient (Wildman–Crippen LogP) is 1.67. The maximum absolute atomic E-state index is 9.26. The maximum atomic E-state index is 9.26. The number of aliphatic hydroxyl groups excluding tert-OH is 1. The van der Waals surface area contributed by atoms with Crippen molar-refractivity contribution in [1.82, 2.24) is 15.3 Å². The van der Waals surface area contributed by atoms with Crippen molar-refractivity contribution in [2.24, 2.45) is 5.92 Å². The molecule has 0 aromatic carbocycles. The smallest absolute Gasteiger partial charge is 0.137 e. The maximum Gasteiger partial charge on any atom is 0.137 e. The fourth-order valence-corrected chi connectivity index (χ4v) is 1.91. The molecule has 0 aliphatic carbocycles. The fraction of sp³-hybridized carbons (Fsp3) is 0.462. The van der Waals surface area contributed by atoms with Crippen molar-refractivity contribution < 1.29 is 5.11 Å². The molecule has 1 atom stereocenters. The van der Waals surface area contributed by atoms with Gasteiger partial charge in [0.1, 0.15) is 5.65 Å². The van der Waals surface area contributed by atoms with E-state index in [1.54, 1.807) is 6.20 Å². The van der Waals surface area contributed by atoms with Gasteiger partial charge < -0.3 is 15.4 Å². The Balaban J connectivity index is 2.08. The van der Waals surface area contributed by atoms with Crippen LogP contribution in [0.15, 0.2) is 24.5 Å². The number of fused-ring (bicyclic) bond motifs is 1. The number of pyridine rings is 1. The molecule has 0 aliphatic heterocycles. The lowest BCUT2D eigenvalue weighted by Gasteiger charge is -2.19. The van der Waals surface area contributed by atoms with Crippen LogP contribution in [-0.4, -0.2) is 27.7 Å². The second-order valence-corrected chi connectivity index (χ2v) is 4.63. The fourth-order valence-electron chi connectivity index (χ4n) is 1.91. The summed E-state index contributed by atoms with van der Waals surface area (Å²) in [4.78, 5) is 7.40. The summed E-state index contributed by atoms with van der Waals surface area (Å²) < 4.78 is 0. The molecular weight excluding hydrogens is 214 g/mol. The molecule has 0 fully saturated rings. The molecule has 2 aromatic heterocycles. The summed E-state index contributed by atoms with van der Waals surface area (Å²) in [7, 11) is 0. The predicted molar refractivity (Wildman–Crippen MR) is 68.6 cm³/mol. The minimum atomic E-state index is 0.136. The van der Waals surface area contributed by atoms with E-state index in [2.05, 4.69) is 35.2 Å². The monoisotopic (exact) mass is 233 g/mol. The molecule has 0 saturated heterocycles. The molecule has 3 N–H and O–H groups in total. The van der Waals surface area contributed by atoms with E-state index in [0.29, 0.717) is 5.92 Å². The van der Waals surface area contributed by atoms with E-state index < -0.39 is 0 Å². The number of nitrogens with zero attached hydrogens (tertiary/aromatic N) is 1. The number of aromatic amines is 1. The van der Waals surface area contributed by atoms with Gasteiger partial charge in [-0.25, -0.2) is 4.98 Å². The molecule has 2 rings (SSSR count). The Morgan fingerprint density at radius 2 is 2.29 bits per heavy atom. The van der Waals surface area contributed by atoms with Crippen LogP contribution in [0.1, 0.15) is 19.4 Å². The first-order valence-corrected chi connectivity index (χ1v) is 5.97. The zero-order valence-electron chi connectivity index (χ0n) is 10.3. The largest absolute Gasteiger partial charge is 0.395 e. The van der Waals surface area contributed by atoms with Crippen molar-refractivity contribution >= 4 is 11.0 Å². The van der Waals surface area contributed by atoms with E-state index in [4.69, 9.17) is 0 Å². The lowest BCUT2D eigenvalue weighted by atomic mass is 10.1. The van der Waals surface area contributed by atoms with E-state index in [0.717, 1.165) is 17.6 Å². The molecular formula is C13H19N3O. The van der Waals surface area contributed by atoms with Crippen LogP contribution in [0.25, 0.3) is 11.0 Å². The third kappa shape index (κ3) is 2.65. The van der Waals surface area contributed by atoms with Crippen LogP contribution in [0.4, 0.5) is 0 Å². The SMILES string of the molecule is CC(C)C(CO)NCc1c[nH]c2ncccc12. The van der Waals surface area contributed by atoms with E-state index >= 15 is 0 Å². The molecule has 17 heavy (non-hydrogen) atoms. The first-order chi connectivity index (χ1) is 8.22. The van der Waals surface area contributed by atoms with Gasteiger partial charge in [-0.15, -0.1) is 0 Å².